The number of nitrogens with zero attached hydrogens (tertiary/aromatic N) is 1. The highest BCUT2D eigenvalue weighted by Gasteiger charge is 2.60. The Morgan fingerprint density at radius 1 is 1.32 bits per heavy atom. The molecule has 0 saturated carbocycles. The third kappa shape index (κ3) is 5.95. The van der Waals surface area contributed by atoms with Crippen LogP contribution in [0.25, 0.3) is 0 Å². The SMILES string of the molecule is C=CC(C)(C)C[C@@H]1N[C@@H](C(=O)CCC[C@H](O)CO)[C@H](c2cccc(Cl)c2F)[C@@]1(C#N)c1ccc(Cl)cc1F. The first kappa shape index (κ1) is 30.2. The highest BCUT2D eigenvalue weighted by atomic mass is 35.5. The molecule has 0 radical (unpaired) electrons. The lowest BCUT2D eigenvalue weighted by molar-refractivity contribution is -0.121. The van der Waals surface area contributed by atoms with Crippen molar-refractivity contribution in [1.82, 2.24) is 5.32 Å². The Labute approximate surface area is 232 Å². The smallest absolute Gasteiger partial charge is 0.150 e. The van der Waals surface area contributed by atoms with Gasteiger partial charge in [-0.25, -0.2) is 8.78 Å². The predicted octanol–water partition coefficient (Wildman–Crippen LogP) is 5.85. The van der Waals surface area contributed by atoms with Crippen molar-refractivity contribution < 1.29 is 23.8 Å². The summed E-state index contributed by atoms with van der Waals surface area (Å²) in [5.41, 5.74) is -2.22. The fourth-order valence-electron chi connectivity index (χ4n) is 5.36. The van der Waals surface area contributed by atoms with Crippen molar-refractivity contribution in [2.75, 3.05) is 6.61 Å². The van der Waals surface area contributed by atoms with Gasteiger partial charge in [-0.05, 0) is 48.4 Å². The van der Waals surface area contributed by atoms with Crippen LogP contribution >= 0.6 is 23.2 Å². The Bertz CT molecular complexity index is 1230. The van der Waals surface area contributed by atoms with Gasteiger partial charge in [-0.15, -0.1) is 6.58 Å². The van der Waals surface area contributed by atoms with Gasteiger partial charge in [-0.3, -0.25) is 4.79 Å². The average molecular weight is 565 g/mol. The normalized spacial score (nSPS) is 24.1. The Morgan fingerprint density at radius 3 is 2.63 bits per heavy atom. The molecule has 1 aliphatic heterocycles. The first-order valence-corrected chi connectivity index (χ1v) is 13.2. The molecular formula is C29H32Cl2F2N2O3. The Hall–Kier alpha value is -2.34. The molecule has 0 aliphatic carbocycles. The van der Waals surface area contributed by atoms with E-state index >= 15 is 8.78 Å². The number of hydrogen-bond acceptors (Lipinski definition) is 5. The van der Waals surface area contributed by atoms with Crippen LogP contribution in [0.3, 0.4) is 0 Å². The molecule has 0 spiro atoms. The van der Waals surface area contributed by atoms with Crippen molar-refractivity contribution in [3.8, 4) is 6.07 Å². The zero-order valence-electron chi connectivity index (χ0n) is 21.4. The van der Waals surface area contributed by atoms with Crippen molar-refractivity contribution in [1.29, 1.82) is 5.26 Å². The molecule has 3 N–H and O–H groups in total. The molecule has 38 heavy (non-hydrogen) atoms. The van der Waals surface area contributed by atoms with Crippen LogP contribution in [0.1, 0.15) is 56.6 Å². The molecule has 1 saturated heterocycles. The number of Topliss-reactive ketones (excluding diaryl/α,β-unsaturated/α-hetero) is 1. The van der Waals surface area contributed by atoms with E-state index in [2.05, 4.69) is 18.0 Å². The molecule has 1 aliphatic rings. The summed E-state index contributed by atoms with van der Waals surface area (Å²) in [5.74, 6) is -2.99. The number of carbonyl (C=O) groups excluding carboxylic acids is 1. The molecule has 2 aromatic carbocycles. The molecule has 0 bridgehead atoms. The summed E-state index contributed by atoms with van der Waals surface area (Å²) < 4.78 is 31.2. The van der Waals surface area contributed by atoms with E-state index in [0.29, 0.717) is 0 Å². The van der Waals surface area contributed by atoms with Crippen molar-refractivity contribution in [3.63, 3.8) is 0 Å². The molecular weight excluding hydrogens is 533 g/mol. The molecule has 204 valence electrons. The summed E-state index contributed by atoms with van der Waals surface area (Å²) in [7, 11) is 0. The first-order valence-electron chi connectivity index (χ1n) is 12.4. The summed E-state index contributed by atoms with van der Waals surface area (Å²) in [4.78, 5) is 13.6. The van der Waals surface area contributed by atoms with Crippen LogP contribution in [-0.2, 0) is 10.2 Å². The zero-order chi connectivity index (χ0) is 28.3. The number of rotatable bonds is 11. The summed E-state index contributed by atoms with van der Waals surface area (Å²) in [6.45, 7) is 7.26. The number of carbonyl (C=O) groups is 1. The number of nitriles is 1. The largest absolute Gasteiger partial charge is 0.394 e. The minimum atomic E-state index is -1.72. The molecule has 1 fully saturated rings. The number of benzene rings is 2. The summed E-state index contributed by atoms with van der Waals surface area (Å²) in [6, 6.07) is 8.79. The van der Waals surface area contributed by atoms with E-state index < -0.39 is 53.2 Å². The maximum absolute atomic E-state index is 15.6. The molecule has 5 nitrogen and oxygen atoms in total. The van der Waals surface area contributed by atoms with Crippen LogP contribution in [0.4, 0.5) is 8.78 Å². The fraction of sp³-hybridized carbons (Fsp3) is 0.448. The van der Waals surface area contributed by atoms with Gasteiger partial charge < -0.3 is 15.5 Å². The summed E-state index contributed by atoms with van der Waals surface area (Å²) in [5, 5.41) is 32.9. The van der Waals surface area contributed by atoms with Crippen LogP contribution in [0.2, 0.25) is 10.0 Å². The number of aliphatic hydroxyl groups is 2. The molecule has 0 unspecified atom stereocenters. The van der Waals surface area contributed by atoms with Crippen LogP contribution in [0.15, 0.2) is 49.1 Å². The van der Waals surface area contributed by atoms with Crippen LogP contribution in [0, 0.1) is 28.4 Å². The molecule has 1 heterocycles. The van der Waals surface area contributed by atoms with E-state index in [0.717, 1.165) is 6.07 Å². The Morgan fingerprint density at radius 2 is 2.03 bits per heavy atom. The van der Waals surface area contributed by atoms with E-state index in [1.807, 2.05) is 13.8 Å². The van der Waals surface area contributed by atoms with Gasteiger partial charge in [-0.2, -0.15) is 5.26 Å². The maximum atomic E-state index is 15.6. The van der Waals surface area contributed by atoms with Gasteiger partial charge in [0.25, 0.3) is 0 Å². The topological polar surface area (TPSA) is 93.3 Å². The van der Waals surface area contributed by atoms with Crippen molar-refractivity contribution in [2.24, 2.45) is 5.41 Å². The van der Waals surface area contributed by atoms with Crippen molar-refractivity contribution >= 4 is 29.0 Å². The molecule has 3 rings (SSSR count). The predicted molar refractivity (Wildman–Crippen MR) is 144 cm³/mol. The van der Waals surface area contributed by atoms with E-state index in [1.54, 1.807) is 6.08 Å². The number of aliphatic hydroxyl groups excluding tert-OH is 2. The molecule has 5 atom stereocenters. The maximum Gasteiger partial charge on any atom is 0.150 e. The van der Waals surface area contributed by atoms with Crippen LogP contribution in [-0.4, -0.2) is 40.8 Å². The minimum Gasteiger partial charge on any atom is -0.394 e. The average Bonchev–Trinajstić information content (AvgIpc) is 3.19. The van der Waals surface area contributed by atoms with E-state index in [9.17, 15) is 15.2 Å². The van der Waals surface area contributed by atoms with Crippen molar-refractivity contribution in [3.05, 3.63) is 81.9 Å². The molecule has 0 amide bonds. The second-order valence-electron chi connectivity index (χ2n) is 10.5. The molecule has 0 aromatic heterocycles. The number of allylic oxidation sites excluding steroid dienone is 1. The Kier molecular flexibility index (Phi) is 9.72. The number of ketones is 1. The van der Waals surface area contributed by atoms with Gasteiger partial charge in [0.05, 0.1) is 29.8 Å². The lowest BCUT2D eigenvalue weighted by atomic mass is 9.62. The van der Waals surface area contributed by atoms with E-state index in [4.69, 9.17) is 28.3 Å². The van der Waals surface area contributed by atoms with Gasteiger partial charge in [-0.1, -0.05) is 61.3 Å². The van der Waals surface area contributed by atoms with Gasteiger partial charge in [0.1, 0.15) is 22.8 Å². The van der Waals surface area contributed by atoms with Gasteiger partial charge >= 0.3 is 0 Å². The van der Waals surface area contributed by atoms with Gasteiger partial charge in [0, 0.05) is 29.0 Å². The number of halogens is 4. The lowest BCUT2D eigenvalue weighted by Gasteiger charge is -2.37. The molecule has 9 heteroatoms. The molecule has 2 aromatic rings. The second kappa shape index (κ2) is 12.2. The number of nitrogens with one attached hydrogen (secondary N) is 1. The number of hydrogen-bond donors (Lipinski definition) is 3. The van der Waals surface area contributed by atoms with Gasteiger partial charge in [0.15, 0.2) is 0 Å². The van der Waals surface area contributed by atoms with Crippen LogP contribution in [0.5, 0.6) is 0 Å². The second-order valence-corrected chi connectivity index (χ2v) is 11.4. The van der Waals surface area contributed by atoms with Crippen LogP contribution < -0.4 is 5.32 Å². The van der Waals surface area contributed by atoms with E-state index in [-0.39, 0.29) is 52.6 Å². The Balaban J connectivity index is 2.26. The third-order valence-electron chi connectivity index (χ3n) is 7.43. The van der Waals surface area contributed by atoms with Crippen molar-refractivity contribution in [2.45, 2.75) is 69.1 Å². The van der Waals surface area contributed by atoms with Gasteiger partial charge in [0.2, 0.25) is 0 Å². The third-order valence-corrected chi connectivity index (χ3v) is 7.96. The minimum absolute atomic E-state index is 0.00265. The van der Waals surface area contributed by atoms with E-state index in [1.165, 1.54) is 30.3 Å². The zero-order valence-corrected chi connectivity index (χ0v) is 22.9. The lowest BCUT2D eigenvalue weighted by Crippen LogP contribution is -2.45. The summed E-state index contributed by atoms with van der Waals surface area (Å²) in [6.07, 6.45) is 1.49. The summed E-state index contributed by atoms with van der Waals surface area (Å²) >= 11 is 12.2. The monoisotopic (exact) mass is 564 g/mol. The fourth-order valence-corrected chi connectivity index (χ4v) is 5.70. The first-order chi connectivity index (χ1) is 17.9. The quantitative estimate of drug-likeness (QED) is 0.297. The highest BCUT2D eigenvalue weighted by molar-refractivity contribution is 6.31. The highest BCUT2D eigenvalue weighted by Crippen LogP contribution is 2.53. The standard InChI is InChI=1S/C29H32Cl2F2N2O3/c1-4-28(2,3)14-24-29(16-34,20-12-11-17(30)13-22(20)32)25(19-8-6-9-21(31)26(19)33)27(35-24)23(38)10-5-7-18(37)15-36/h4,6,8-9,11-13,18,24-25,27,35-37H,1,5,7,10,14-15H2,2-3H3/t18-,24-,25-,27-,29-/m0/s1.